The number of hydrogen-bond acceptors (Lipinski definition) is 5. The van der Waals surface area contributed by atoms with Gasteiger partial charge in [-0.25, -0.2) is 23.5 Å². The van der Waals surface area contributed by atoms with Gasteiger partial charge in [0.25, 0.3) is 0 Å². The molecule has 0 saturated carbocycles. The average Bonchev–Trinajstić information content (AvgIpc) is 2.17. The molecule has 0 aliphatic carbocycles. The highest BCUT2D eigenvalue weighted by atomic mass is 35.5. The van der Waals surface area contributed by atoms with E-state index in [9.17, 15) is 8.42 Å². The van der Waals surface area contributed by atoms with Crippen molar-refractivity contribution in [1.82, 2.24) is 9.29 Å². The Morgan fingerprint density at radius 1 is 1.53 bits per heavy atom. The van der Waals surface area contributed by atoms with Gasteiger partial charge in [0.15, 0.2) is 5.82 Å². The van der Waals surface area contributed by atoms with Gasteiger partial charge in [0.05, 0.1) is 5.02 Å². The Bertz CT molecular complexity index is 460. The van der Waals surface area contributed by atoms with Crippen LogP contribution in [0.25, 0.3) is 0 Å². The average molecular weight is 251 g/mol. The summed E-state index contributed by atoms with van der Waals surface area (Å²) >= 11 is 5.75. The number of pyridine rings is 1. The fraction of sp³-hybridized carbons (Fsp3) is 0.286. The topological polar surface area (TPSA) is 88.3 Å². The number of hydrazine groups is 1. The van der Waals surface area contributed by atoms with E-state index < -0.39 is 10.0 Å². The number of anilines is 1. The lowest BCUT2D eigenvalue weighted by molar-refractivity contribution is 0.520. The number of halogens is 1. The van der Waals surface area contributed by atoms with Crippen LogP contribution in [0, 0.1) is 0 Å². The molecule has 1 heterocycles. The maximum atomic E-state index is 11.7. The van der Waals surface area contributed by atoms with Crippen LogP contribution in [0.15, 0.2) is 17.2 Å². The second-order valence-electron chi connectivity index (χ2n) is 2.93. The van der Waals surface area contributed by atoms with Gasteiger partial charge in [0.1, 0.15) is 4.90 Å². The minimum atomic E-state index is -3.51. The second kappa shape index (κ2) is 4.31. The van der Waals surface area contributed by atoms with Crippen molar-refractivity contribution in [3.05, 3.63) is 17.3 Å². The van der Waals surface area contributed by atoms with E-state index in [1.54, 1.807) is 0 Å². The summed E-state index contributed by atoms with van der Waals surface area (Å²) in [6.07, 6.45) is 1.19. The van der Waals surface area contributed by atoms with E-state index in [0.29, 0.717) is 0 Å². The fourth-order valence-corrected chi connectivity index (χ4v) is 2.04. The molecule has 0 aromatic carbocycles. The first-order valence-corrected chi connectivity index (χ1v) is 5.76. The molecule has 8 heteroatoms. The number of aromatic nitrogens is 1. The van der Waals surface area contributed by atoms with Crippen molar-refractivity contribution in [3.8, 4) is 0 Å². The number of nitrogens with zero attached hydrogens (tertiary/aromatic N) is 2. The largest absolute Gasteiger partial charge is 0.307 e. The van der Waals surface area contributed by atoms with E-state index in [0.717, 1.165) is 4.31 Å². The van der Waals surface area contributed by atoms with Crippen molar-refractivity contribution < 1.29 is 8.42 Å². The molecule has 3 N–H and O–H groups in total. The molecule has 0 radical (unpaired) electrons. The summed E-state index contributed by atoms with van der Waals surface area (Å²) in [5.74, 6) is 5.34. The second-order valence-corrected chi connectivity index (χ2v) is 5.49. The third-order valence-electron chi connectivity index (χ3n) is 1.73. The molecule has 0 fully saturated rings. The molecule has 0 spiro atoms. The van der Waals surface area contributed by atoms with Crippen LogP contribution in [-0.4, -0.2) is 31.8 Å². The zero-order valence-electron chi connectivity index (χ0n) is 8.23. The Balaban J connectivity index is 3.25. The zero-order chi connectivity index (χ0) is 11.6. The van der Waals surface area contributed by atoms with Gasteiger partial charge in [-0.3, -0.25) is 0 Å². The van der Waals surface area contributed by atoms with Crippen LogP contribution in [0.5, 0.6) is 0 Å². The highest BCUT2D eigenvalue weighted by molar-refractivity contribution is 7.89. The summed E-state index contributed by atoms with van der Waals surface area (Å²) < 4.78 is 24.4. The first-order chi connectivity index (χ1) is 6.89. The van der Waals surface area contributed by atoms with Gasteiger partial charge in [0, 0.05) is 20.3 Å². The predicted octanol–water partition coefficient (Wildman–Crippen LogP) is 0.271. The molecular weight excluding hydrogens is 240 g/mol. The third kappa shape index (κ3) is 2.37. The molecule has 1 rings (SSSR count). The molecule has 0 aliphatic rings. The van der Waals surface area contributed by atoms with Crippen LogP contribution in [0.2, 0.25) is 5.02 Å². The Hall–Kier alpha value is -0.890. The van der Waals surface area contributed by atoms with Crippen molar-refractivity contribution in [2.45, 2.75) is 4.90 Å². The standard InChI is InChI=1S/C7H11ClN4O2S/c1-12(2)15(13,14)5-3-6(8)7(11-9)10-4-5/h3-4H,9H2,1-2H3,(H,10,11). The molecule has 84 valence electrons. The minimum Gasteiger partial charge on any atom is -0.307 e. The molecule has 0 saturated heterocycles. The molecule has 6 nitrogen and oxygen atoms in total. The molecule has 1 aromatic rings. The molecule has 1 aromatic heterocycles. The van der Waals surface area contributed by atoms with Gasteiger partial charge < -0.3 is 5.43 Å². The maximum Gasteiger partial charge on any atom is 0.244 e. The van der Waals surface area contributed by atoms with Crippen LogP contribution < -0.4 is 11.3 Å². The number of rotatable bonds is 3. The highest BCUT2D eigenvalue weighted by Gasteiger charge is 2.18. The number of nitrogens with one attached hydrogen (secondary N) is 1. The summed E-state index contributed by atoms with van der Waals surface area (Å²) in [7, 11) is -0.649. The summed E-state index contributed by atoms with van der Waals surface area (Å²) in [6, 6.07) is 1.29. The Labute approximate surface area is 93.1 Å². The van der Waals surface area contributed by atoms with Crippen LogP contribution in [0.3, 0.4) is 0 Å². The van der Waals surface area contributed by atoms with Crippen molar-refractivity contribution >= 4 is 27.4 Å². The summed E-state index contributed by atoms with van der Waals surface area (Å²) in [4.78, 5) is 3.80. The monoisotopic (exact) mass is 250 g/mol. The fourth-order valence-electron chi connectivity index (χ4n) is 0.878. The quantitative estimate of drug-likeness (QED) is 0.594. The molecule has 15 heavy (non-hydrogen) atoms. The van der Waals surface area contributed by atoms with Crippen molar-refractivity contribution in [3.63, 3.8) is 0 Å². The van der Waals surface area contributed by atoms with E-state index in [1.165, 1.54) is 26.4 Å². The first kappa shape index (κ1) is 12.2. The molecule has 0 unspecified atom stereocenters. The lowest BCUT2D eigenvalue weighted by Crippen LogP contribution is -2.22. The number of nitrogen functional groups attached to an aromatic ring is 1. The molecule has 0 atom stereocenters. The maximum absolute atomic E-state index is 11.7. The normalized spacial score (nSPS) is 11.8. The first-order valence-electron chi connectivity index (χ1n) is 3.94. The van der Waals surface area contributed by atoms with E-state index in [-0.39, 0.29) is 15.7 Å². The van der Waals surface area contributed by atoms with E-state index in [1.807, 2.05) is 0 Å². The van der Waals surface area contributed by atoms with Crippen LogP contribution >= 0.6 is 11.6 Å². The Morgan fingerprint density at radius 3 is 2.53 bits per heavy atom. The molecule has 0 aliphatic heterocycles. The highest BCUT2D eigenvalue weighted by Crippen LogP contribution is 2.22. The van der Waals surface area contributed by atoms with Crippen LogP contribution in [-0.2, 0) is 10.0 Å². The van der Waals surface area contributed by atoms with E-state index >= 15 is 0 Å². The molecule has 0 bridgehead atoms. The third-order valence-corrected chi connectivity index (χ3v) is 3.80. The van der Waals surface area contributed by atoms with E-state index in [2.05, 4.69) is 10.4 Å². The lowest BCUT2D eigenvalue weighted by atomic mass is 10.5. The van der Waals surface area contributed by atoms with Gasteiger partial charge in [0.2, 0.25) is 10.0 Å². The number of sulfonamides is 1. The van der Waals surface area contributed by atoms with Crippen LogP contribution in [0.1, 0.15) is 0 Å². The summed E-state index contributed by atoms with van der Waals surface area (Å²) in [5.41, 5.74) is 2.25. The van der Waals surface area contributed by atoms with Crippen molar-refractivity contribution in [2.24, 2.45) is 5.84 Å². The minimum absolute atomic E-state index is 0.0245. The Kier molecular flexibility index (Phi) is 3.50. The van der Waals surface area contributed by atoms with Gasteiger partial charge in [-0.15, -0.1) is 0 Å². The SMILES string of the molecule is CN(C)S(=O)(=O)c1cnc(NN)c(Cl)c1. The van der Waals surface area contributed by atoms with Crippen LogP contribution in [0.4, 0.5) is 5.82 Å². The van der Waals surface area contributed by atoms with Crippen molar-refractivity contribution in [2.75, 3.05) is 19.5 Å². The zero-order valence-corrected chi connectivity index (χ0v) is 9.80. The van der Waals surface area contributed by atoms with E-state index in [4.69, 9.17) is 17.4 Å². The summed E-state index contributed by atoms with van der Waals surface area (Å²) in [6.45, 7) is 0. The van der Waals surface area contributed by atoms with Crippen molar-refractivity contribution in [1.29, 1.82) is 0 Å². The molecule has 0 amide bonds. The number of nitrogens with two attached hydrogens (primary N) is 1. The predicted molar refractivity (Wildman–Crippen MR) is 57.9 cm³/mol. The Morgan fingerprint density at radius 2 is 2.13 bits per heavy atom. The smallest absolute Gasteiger partial charge is 0.244 e. The van der Waals surface area contributed by atoms with Gasteiger partial charge in [-0.1, -0.05) is 11.6 Å². The van der Waals surface area contributed by atoms with Gasteiger partial charge >= 0.3 is 0 Å². The number of hydrogen-bond donors (Lipinski definition) is 2. The van der Waals surface area contributed by atoms with Gasteiger partial charge in [-0.05, 0) is 6.07 Å². The van der Waals surface area contributed by atoms with Gasteiger partial charge in [-0.2, -0.15) is 0 Å². The molecular formula is C7H11ClN4O2S. The lowest BCUT2D eigenvalue weighted by Gasteiger charge is -2.11. The summed E-state index contributed by atoms with van der Waals surface area (Å²) in [5, 5.41) is 0.153.